The summed E-state index contributed by atoms with van der Waals surface area (Å²) in [5, 5.41) is 0. The zero-order valence-electron chi connectivity index (χ0n) is 12.5. The Morgan fingerprint density at radius 3 is 3.00 bits per heavy atom. The van der Waals surface area contributed by atoms with E-state index in [9.17, 15) is 9.18 Å². The molecule has 1 aromatic carbocycles. The number of carbonyl (C=O) groups is 1. The molecule has 1 aromatic heterocycles. The third kappa shape index (κ3) is 2.98. The van der Waals surface area contributed by atoms with Crippen LogP contribution in [0.4, 0.5) is 4.39 Å². The molecule has 2 heterocycles. The molecular formula is C17H19FN2O2. The van der Waals surface area contributed by atoms with E-state index in [-0.39, 0.29) is 17.8 Å². The minimum atomic E-state index is -0.641. The predicted molar refractivity (Wildman–Crippen MR) is 81.0 cm³/mol. The third-order valence-electron chi connectivity index (χ3n) is 3.97. The number of aromatic amines is 1. The summed E-state index contributed by atoms with van der Waals surface area (Å²) in [6.07, 6.45) is 3.14. The Hall–Kier alpha value is -2.30. The maximum atomic E-state index is 13.2. The largest absolute Gasteiger partial charge is 0.481 e. The van der Waals surface area contributed by atoms with Crippen molar-refractivity contribution in [1.82, 2.24) is 9.88 Å². The molecule has 1 amide bonds. The summed E-state index contributed by atoms with van der Waals surface area (Å²) in [5.41, 5.74) is 1.05. The highest BCUT2D eigenvalue weighted by molar-refractivity contribution is 5.81. The lowest BCUT2D eigenvalue weighted by atomic mass is 10.1. The van der Waals surface area contributed by atoms with Gasteiger partial charge in [-0.3, -0.25) is 4.79 Å². The second-order valence-corrected chi connectivity index (χ2v) is 5.53. The number of benzene rings is 1. The molecule has 4 nitrogen and oxygen atoms in total. The molecule has 1 fully saturated rings. The Labute approximate surface area is 128 Å². The van der Waals surface area contributed by atoms with Crippen molar-refractivity contribution in [2.24, 2.45) is 0 Å². The first-order valence-corrected chi connectivity index (χ1v) is 7.51. The van der Waals surface area contributed by atoms with Crippen LogP contribution in [0.1, 0.15) is 31.5 Å². The van der Waals surface area contributed by atoms with Crippen molar-refractivity contribution in [3.8, 4) is 5.75 Å². The van der Waals surface area contributed by atoms with E-state index in [1.165, 1.54) is 12.1 Å². The predicted octanol–water partition coefficient (Wildman–Crippen LogP) is 3.28. The van der Waals surface area contributed by atoms with Crippen LogP contribution in [0.5, 0.6) is 5.75 Å². The van der Waals surface area contributed by atoms with Crippen LogP contribution in [-0.2, 0) is 4.79 Å². The number of halogens is 1. The molecule has 2 unspecified atom stereocenters. The first-order chi connectivity index (χ1) is 10.6. The molecule has 22 heavy (non-hydrogen) atoms. The quantitative estimate of drug-likeness (QED) is 0.942. The maximum Gasteiger partial charge on any atom is 0.263 e. The molecule has 0 radical (unpaired) electrons. The van der Waals surface area contributed by atoms with Gasteiger partial charge in [0.05, 0.1) is 6.04 Å². The van der Waals surface area contributed by atoms with Crippen LogP contribution in [-0.4, -0.2) is 28.4 Å². The molecule has 2 aromatic rings. The smallest absolute Gasteiger partial charge is 0.263 e. The van der Waals surface area contributed by atoms with Crippen LogP contribution in [0.25, 0.3) is 0 Å². The normalized spacial score (nSPS) is 19.2. The van der Waals surface area contributed by atoms with Gasteiger partial charge in [-0.15, -0.1) is 0 Å². The number of nitrogens with one attached hydrogen (secondary N) is 1. The topological polar surface area (TPSA) is 45.3 Å². The van der Waals surface area contributed by atoms with E-state index in [0.29, 0.717) is 5.75 Å². The first kappa shape index (κ1) is 14.6. The number of aromatic nitrogens is 1. The Bertz CT molecular complexity index is 642. The Kier molecular flexibility index (Phi) is 4.13. The fraction of sp³-hybridized carbons (Fsp3) is 0.353. The van der Waals surface area contributed by atoms with Crippen molar-refractivity contribution in [1.29, 1.82) is 0 Å². The number of ether oxygens (including phenoxy) is 1. The summed E-state index contributed by atoms with van der Waals surface area (Å²) in [5.74, 6) is -0.0691. The van der Waals surface area contributed by atoms with Gasteiger partial charge >= 0.3 is 0 Å². The van der Waals surface area contributed by atoms with Crippen LogP contribution in [0.15, 0.2) is 42.6 Å². The SMILES string of the molecule is CC(Oc1cccc(F)c1)C(=O)N1CCCC1c1ccc[nH]1. The van der Waals surface area contributed by atoms with Gasteiger partial charge in [-0.25, -0.2) is 4.39 Å². The van der Waals surface area contributed by atoms with Crippen LogP contribution in [0, 0.1) is 5.82 Å². The van der Waals surface area contributed by atoms with Crippen LogP contribution >= 0.6 is 0 Å². The highest BCUT2D eigenvalue weighted by Gasteiger charge is 2.33. The Morgan fingerprint density at radius 1 is 1.41 bits per heavy atom. The fourth-order valence-electron chi connectivity index (χ4n) is 2.93. The molecule has 5 heteroatoms. The van der Waals surface area contributed by atoms with E-state index in [1.54, 1.807) is 19.1 Å². The first-order valence-electron chi connectivity index (χ1n) is 7.51. The number of nitrogens with zero attached hydrogens (tertiary/aromatic N) is 1. The average Bonchev–Trinajstić information content (AvgIpc) is 3.17. The van der Waals surface area contributed by atoms with Crippen LogP contribution in [0.2, 0.25) is 0 Å². The van der Waals surface area contributed by atoms with Gasteiger partial charge < -0.3 is 14.6 Å². The van der Waals surface area contributed by atoms with Gasteiger partial charge in [-0.05, 0) is 44.0 Å². The summed E-state index contributed by atoms with van der Waals surface area (Å²) >= 11 is 0. The van der Waals surface area contributed by atoms with E-state index >= 15 is 0 Å². The highest BCUT2D eigenvalue weighted by atomic mass is 19.1. The lowest BCUT2D eigenvalue weighted by molar-refractivity contribution is -0.139. The van der Waals surface area contributed by atoms with Gasteiger partial charge in [0.2, 0.25) is 0 Å². The van der Waals surface area contributed by atoms with E-state index < -0.39 is 6.10 Å². The zero-order valence-corrected chi connectivity index (χ0v) is 12.5. The molecule has 0 saturated carbocycles. The van der Waals surface area contributed by atoms with Crippen molar-refractivity contribution in [3.05, 3.63) is 54.1 Å². The maximum absolute atomic E-state index is 13.2. The molecule has 1 saturated heterocycles. The number of carbonyl (C=O) groups excluding carboxylic acids is 1. The van der Waals surface area contributed by atoms with Gasteiger partial charge in [0, 0.05) is 24.5 Å². The Morgan fingerprint density at radius 2 is 2.27 bits per heavy atom. The summed E-state index contributed by atoms with van der Waals surface area (Å²) in [6.45, 7) is 2.43. The lowest BCUT2D eigenvalue weighted by Crippen LogP contribution is -2.40. The van der Waals surface area contributed by atoms with E-state index in [0.717, 1.165) is 25.1 Å². The number of rotatable bonds is 4. The Balaban J connectivity index is 1.70. The van der Waals surface area contributed by atoms with Gasteiger partial charge in [0.1, 0.15) is 11.6 Å². The van der Waals surface area contributed by atoms with Crippen molar-refractivity contribution >= 4 is 5.91 Å². The van der Waals surface area contributed by atoms with Gasteiger partial charge in [-0.1, -0.05) is 6.07 Å². The number of H-pyrrole nitrogens is 1. The van der Waals surface area contributed by atoms with Gasteiger partial charge in [0.25, 0.3) is 5.91 Å². The summed E-state index contributed by atoms with van der Waals surface area (Å²) in [4.78, 5) is 17.7. The highest BCUT2D eigenvalue weighted by Crippen LogP contribution is 2.31. The summed E-state index contributed by atoms with van der Waals surface area (Å²) in [7, 11) is 0. The number of amides is 1. The monoisotopic (exact) mass is 302 g/mol. The second kappa shape index (κ2) is 6.22. The molecule has 116 valence electrons. The van der Waals surface area contributed by atoms with Crippen LogP contribution in [0.3, 0.4) is 0 Å². The molecule has 1 N–H and O–H groups in total. The van der Waals surface area contributed by atoms with Gasteiger partial charge in [0.15, 0.2) is 6.10 Å². The number of hydrogen-bond donors (Lipinski definition) is 1. The number of hydrogen-bond acceptors (Lipinski definition) is 2. The third-order valence-corrected chi connectivity index (χ3v) is 3.97. The van der Waals surface area contributed by atoms with Crippen molar-refractivity contribution in [3.63, 3.8) is 0 Å². The molecule has 1 aliphatic rings. The van der Waals surface area contributed by atoms with Crippen LogP contribution < -0.4 is 4.74 Å². The average molecular weight is 302 g/mol. The number of likely N-dealkylation sites (tertiary alicyclic amines) is 1. The van der Waals surface area contributed by atoms with E-state index in [1.807, 2.05) is 23.2 Å². The fourth-order valence-corrected chi connectivity index (χ4v) is 2.93. The molecule has 0 spiro atoms. The minimum absolute atomic E-state index is 0.0682. The lowest BCUT2D eigenvalue weighted by Gasteiger charge is -2.27. The molecule has 2 atom stereocenters. The van der Waals surface area contributed by atoms with Crippen molar-refractivity contribution in [2.75, 3.05) is 6.54 Å². The standard InChI is InChI=1S/C17H19FN2O2/c1-12(22-14-6-2-5-13(18)11-14)17(21)20-10-4-8-16(20)15-7-3-9-19-15/h2-3,5-7,9,11-12,16,19H,4,8,10H2,1H3. The molecule has 1 aliphatic heterocycles. The molecular weight excluding hydrogens is 283 g/mol. The van der Waals surface area contributed by atoms with E-state index in [4.69, 9.17) is 4.74 Å². The van der Waals surface area contributed by atoms with Crippen molar-refractivity contribution < 1.29 is 13.9 Å². The molecule has 0 aliphatic carbocycles. The van der Waals surface area contributed by atoms with E-state index in [2.05, 4.69) is 4.98 Å². The second-order valence-electron chi connectivity index (χ2n) is 5.53. The van der Waals surface area contributed by atoms with Crippen molar-refractivity contribution in [2.45, 2.75) is 31.9 Å². The molecule has 3 rings (SSSR count). The summed E-state index contributed by atoms with van der Waals surface area (Å²) < 4.78 is 18.8. The van der Waals surface area contributed by atoms with Gasteiger partial charge in [-0.2, -0.15) is 0 Å². The summed E-state index contributed by atoms with van der Waals surface area (Å²) in [6, 6.07) is 9.86. The minimum Gasteiger partial charge on any atom is -0.481 e. The molecule has 0 bridgehead atoms. The zero-order chi connectivity index (χ0) is 15.5.